The average molecular weight is 738 g/mol. The number of halogens is 1. The van der Waals surface area contributed by atoms with Crippen LogP contribution in [-0.4, -0.2) is 110 Å². The maximum atomic E-state index is 10.3. The summed E-state index contributed by atoms with van der Waals surface area (Å²) in [6.07, 6.45) is 5.07. The van der Waals surface area contributed by atoms with Crippen molar-refractivity contribution in [2.24, 2.45) is 7.05 Å². The Morgan fingerprint density at radius 1 is 1.20 bits per heavy atom. The number of likely N-dealkylation sites (N-methyl/N-ethyl adjacent to an activating group) is 1. The van der Waals surface area contributed by atoms with E-state index in [-0.39, 0.29) is 37.1 Å². The number of rotatable bonds is 6. The fourth-order valence-corrected chi connectivity index (χ4v) is 6.61. The van der Waals surface area contributed by atoms with Crippen LogP contribution in [-0.2, 0) is 13.6 Å². The van der Waals surface area contributed by atoms with Crippen LogP contribution in [0.2, 0.25) is 0 Å². The molecule has 1 aliphatic heterocycles. The van der Waals surface area contributed by atoms with E-state index in [0.29, 0.717) is 29.5 Å². The quantitative estimate of drug-likeness (QED) is 0.0815. The Balaban J connectivity index is 1.77. The first kappa shape index (κ1) is 32.7. The van der Waals surface area contributed by atoms with Crippen LogP contribution < -0.4 is 9.47 Å². The van der Waals surface area contributed by atoms with Gasteiger partial charge in [-0.25, -0.2) is 9.13 Å². The van der Waals surface area contributed by atoms with E-state index in [1.807, 2.05) is 43.4 Å². The van der Waals surface area contributed by atoms with Crippen LogP contribution in [0.3, 0.4) is 0 Å². The molecule has 0 saturated carbocycles. The molecule has 3 atom stereocenters. The molecule has 4 aromatic rings. The third-order valence-electron chi connectivity index (χ3n) is 7.23. The topological polar surface area (TPSA) is 189 Å². The second-order valence-corrected chi connectivity index (χ2v) is 12.9. The highest BCUT2D eigenvalue weighted by molar-refractivity contribution is 14.2. The number of hydrogen-bond acceptors (Lipinski definition) is 12. The van der Waals surface area contributed by atoms with Gasteiger partial charge in [0.15, 0.2) is 7.85 Å². The molecule has 2 bridgehead atoms. The van der Waals surface area contributed by atoms with E-state index in [1.54, 1.807) is 30.0 Å². The number of aliphatic hydroxyl groups is 5. The molecular weight excluding hydrogens is 705 g/mol. The minimum absolute atomic E-state index is 0.246. The number of nitrogens with zero attached hydrogens (tertiary/aromatic N) is 8. The molecule has 18 heteroatoms. The van der Waals surface area contributed by atoms with Gasteiger partial charge in [-0.05, 0) is 68.1 Å². The van der Waals surface area contributed by atoms with Crippen molar-refractivity contribution in [2.75, 3.05) is 20.2 Å². The van der Waals surface area contributed by atoms with Gasteiger partial charge in [0, 0.05) is 25.5 Å². The van der Waals surface area contributed by atoms with E-state index in [1.165, 1.54) is 4.68 Å². The van der Waals surface area contributed by atoms with E-state index in [9.17, 15) is 25.5 Å². The van der Waals surface area contributed by atoms with Gasteiger partial charge in [-0.1, -0.05) is 0 Å². The molecule has 0 aromatic carbocycles. The Labute approximate surface area is 268 Å². The summed E-state index contributed by atoms with van der Waals surface area (Å²) in [5.41, 5.74) is 0.805. The summed E-state index contributed by atoms with van der Waals surface area (Å²) in [5, 5.41) is 64.7. The van der Waals surface area contributed by atoms with E-state index in [4.69, 9.17) is 27.4 Å². The Kier molecular flexibility index (Phi) is 9.14. The summed E-state index contributed by atoms with van der Waals surface area (Å²) >= 11 is 2.23. The summed E-state index contributed by atoms with van der Waals surface area (Å²) < 4.78 is 16.7. The van der Waals surface area contributed by atoms with E-state index in [0.717, 1.165) is 22.2 Å². The maximum absolute atomic E-state index is 10.3. The molecular formula is C26H33BIN8O7P. The number of aryl methyl sites for hydroxylation is 2. The molecule has 15 nitrogen and oxygen atoms in total. The lowest BCUT2D eigenvalue weighted by Crippen LogP contribution is -2.59. The summed E-state index contributed by atoms with van der Waals surface area (Å²) in [7, 11) is 8.84. The molecule has 44 heavy (non-hydrogen) atoms. The predicted octanol–water partition coefficient (Wildman–Crippen LogP) is 0.889. The molecule has 0 aliphatic carbocycles. The van der Waals surface area contributed by atoms with Crippen molar-refractivity contribution < 1.29 is 35.0 Å². The number of ether oxygens (including phenoxy) is 2. The first-order valence-electron chi connectivity index (χ1n) is 13.6. The van der Waals surface area contributed by atoms with Crippen molar-refractivity contribution in [1.29, 1.82) is 0 Å². The second kappa shape index (κ2) is 12.3. The average Bonchev–Trinajstić information content (AvgIpc) is 3.55. The monoisotopic (exact) mass is 738 g/mol. The molecule has 0 saturated heterocycles. The van der Waals surface area contributed by atoms with Crippen LogP contribution in [0.5, 0.6) is 11.8 Å². The highest BCUT2D eigenvalue weighted by Gasteiger charge is 2.47. The molecule has 234 valence electrons. The lowest BCUT2D eigenvalue weighted by atomic mass is 9.92. The lowest BCUT2D eigenvalue weighted by molar-refractivity contribution is -0.402. The summed E-state index contributed by atoms with van der Waals surface area (Å²) in [4.78, 5) is 6.70. The van der Waals surface area contributed by atoms with Crippen LogP contribution >= 0.6 is 28.4 Å². The number of fused-ring (bicyclic) bond motifs is 4. The Morgan fingerprint density at radius 3 is 2.59 bits per heavy atom. The first-order chi connectivity index (χ1) is 20.6. The maximum Gasteiger partial charge on any atom is 0.369 e. The molecule has 2 radical (unpaired) electrons. The molecule has 0 amide bonds. The van der Waals surface area contributed by atoms with Gasteiger partial charge in [-0.3, -0.25) is 14.6 Å². The third-order valence-corrected chi connectivity index (χ3v) is 9.10. The zero-order valence-corrected chi connectivity index (χ0v) is 27.8. The number of hydrogen-bond donors (Lipinski definition) is 5. The van der Waals surface area contributed by atoms with E-state index < -0.39 is 17.7 Å². The SMILES string of the molecule is [B]C(O)(O)C(O)(O)Oc1nn(C(C)CO)c2c1/C=C/c1nn(PI)c3cnc(cc13)-c1c(C)nn(C)c1OC(C)CN(C)C2. The van der Waals surface area contributed by atoms with Crippen molar-refractivity contribution in [2.45, 2.75) is 51.1 Å². The van der Waals surface area contributed by atoms with Crippen molar-refractivity contribution in [3.8, 4) is 23.0 Å². The molecule has 0 spiro atoms. The largest absolute Gasteiger partial charge is 0.473 e. The minimum Gasteiger partial charge on any atom is -0.473 e. The van der Waals surface area contributed by atoms with Crippen molar-refractivity contribution >= 4 is 59.3 Å². The summed E-state index contributed by atoms with van der Waals surface area (Å²) in [6.45, 7) is 5.94. The van der Waals surface area contributed by atoms with Gasteiger partial charge in [0.05, 0.1) is 64.6 Å². The zero-order valence-electron chi connectivity index (χ0n) is 24.7. The number of aromatic nitrogens is 7. The van der Waals surface area contributed by atoms with Crippen molar-refractivity contribution in [3.63, 3.8) is 0 Å². The van der Waals surface area contributed by atoms with Crippen molar-refractivity contribution in [3.05, 3.63) is 34.9 Å². The third kappa shape index (κ3) is 6.11. The van der Waals surface area contributed by atoms with Gasteiger partial charge in [-0.15, -0.1) is 5.10 Å². The molecule has 5 heterocycles. The van der Waals surface area contributed by atoms with Crippen LogP contribution in [0.1, 0.15) is 42.5 Å². The van der Waals surface area contributed by atoms with Crippen LogP contribution in [0.25, 0.3) is 34.3 Å². The summed E-state index contributed by atoms with van der Waals surface area (Å²) in [5.74, 6) is -3.42. The van der Waals surface area contributed by atoms with Crippen LogP contribution in [0.4, 0.5) is 0 Å². The number of pyridine rings is 1. The lowest BCUT2D eigenvalue weighted by Gasteiger charge is -2.31. The second-order valence-electron chi connectivity index (χ2n) is 10.9. The normalized spacial score (nSPS) is 18.2. The van der Waals surface area contributed by atoms with Gasteiger partial charge in [0.2, 0.25) is 17.4 Å². The highest BCUT2D eigenvalue weighted by atomic mass is 127. The fourth-order valence-electron chi connectivity index (χ4n) is 5.09. The first-order valence-corrected chi connectivity index (χ1v) is 17.6. The van der Waals surface area contributed by atoms with Crippen LogP contribution in [0, 0.1) is 6.92 Å². The van der Waals surface area contributed by atoms with Gasteiger partial charge in [0.25, 0.3) is 0 Å². The molecule has 1 aliphatic rings. The predicted molar refractivity (Wildman–Crippen MR) is 172 cm³/mol. The van der Waals surface area contributed by atoms with E-state index in [2.05, 4.69) is 32.2 Å². The van der Waals surface area contributed by atoms with E-state index >= 15 is 0 Å². The van der Waals surface area contributed by atoms with Gasteiger partial charge in [0.1, 0.15) is 6.10 Å². The Morgan fingerprint density at radius 2 is 1.93 bits per heavy atom. The molecule has 4 aromatic heterocycles. The standard InChI is InChI=1S/C26H33BIN8O7P/c1-13(12-37)35-21-11-33(4)10-14(2)42-24-22(15(3)30-34(24)5)19-8-17-18(31-36(44-28)20(17)9-29-19)7-6-16(21)23(32-35)43-26(40,41)25(27,38)39/h6-9,13-14,37-41,44H,10-12H2,1-5H3/b7-6+. The van der Waals surface area contributed by atoms with Gasteiger partial charge in [-0.2, -0.15) is 10.2 Å². The van der Waals surface area contributed by atoms with Gasteiger partial charge >= 0.3 is 5.97 Å². The number of aliphatic hydroxyl groups excluding tert-OH is 1. The smallest absolute Gasteiger partial charge is 0.369 e. The minimum atomic E-state index is -3.63. The summed E-state index contributed by atoms with van der Waals surface area (Å²) in [6, 6.07) is 1.36. The Hall–Kier alpha value is -2.64. The molecule has 3 unspecified atom stereocenters. The van der Waals surface area contributed by atoms with Crippen molar-refractivity contribution in [1.82, 2.24) is 39.0 Å². The molecule has 5 N–H and O–H groups in total. The van der Waals surface area contributed by atoms with Crippen LogP contribution in [0.15, 0.2) is 12.3 Å². The fraction of sp³-hybridized carbons (Fsp3) is 0.462. The zero-order chi connectivity index (χ0) is 32.1. The highest BCUT2D eigenvalue weighted by Crippen LogP contribution is 2.38. The molecule has 0 fully saturated rings. The van der Waals surface area contributed by atoms with Gasteiger partial charge < -0.3 is 35.0 Å². The Bertz CT molecular complexity index is 1720. The molecule has 5 rings (SSSR count).